The van der Waals surface area contributed by atoms with Gasteiger partial charge in [-0.3, -0.25) is 5.32 Å². The van der Waals surface area contributed by atoms with Crippen LogP contribution in [0.2, 0.25) is 0 Å². The normalized spacial score (nSPS) is 19.2. The van der Waals surface area contributed by atoms with E-state index >= 15 is 0 Å². The fourth-order valence-electron chi connectivity index (χ4n) is 1.07. The van der Waals surface area contributed by atoms with Crippen molar-refractivity contribution in [3.8, 4) is 0 Å². The van der Waals surface area contributed by atoms with Gasteiger partial charge in [0.05, 0.1) is 18.4 Å². The van der Waals surface area contributed by atoms with Crippen LogP contribution in [0.3, 0.4) is 0 Å². The van der Waals surface area contributed by atoms with Crippen molar-refractivity contribution in [1.82, 2.24) is 10.6 Å². The summed E-state index contributed by atoms with van der Waals surface area (Å²) in [5.41, 5.74) is 16.7. The fraction of sp³-hybridized carbons (Fsp3) is 1.00. The van der Waals surface area contributed by atoms with Crippen molar-refractivity contribution >= 4 is 0 Å². The molecule has 5 heteroatoms. The zero-order chi connectivity index (χ0) is 9.72. The first kappa shape index (κ1) is 11.8. The van der Waals surface area contributed by atoms with Crippen molar-refractivity contribution < 1.29 is 0 Å². The molecule has 0 spiro atoms. The van der Waals surface area contributed by atoms with Crippen LogP contribution in [0.4, 0.5) is 0 Å². The Bertz CT molecular complexity index is 114. The van der Waals surface area contributed by atoms with E-state index in [-0.39, 0.29) is 18.2 Å². The molecule has 3 atom stereocenters. The van der Waals surface area contributed by atoms with E-state index < -0.39 is 6.17 Å². The fourth-order valence-corrected chi connectivity index (χ4v) is 1.07. The Morgan fingerprint density at radius 2 is 1.58 bits per heavy atom. The molecule has 0 bridgehead atoms. The Morgan fingerprint density at radius 3 is 1.83 bits per heavy atom. The maximum Gasteiger partial charge on any atom is 0.0695 e. The maximum absolute atomic E-state index is 5.58. The minimum absolute atomic E-state index is 0.00463. The lowest BCUT2D eigenvalue weighted by Crippen LogP contribution is -2.62. The first-order valence-corrected chi connectivity index (χ1v) is 4.19. The summed E-state index contributed by atoms with van der Waals surface area (Å²) in [6.07, 6.45) is -0.501. The van der Waals surface area contributed by atoms with Crippen LogP contribution in [-0.2, 0) is 0 Å². The van der Waals surface area contributed by atoms with E-state index in [1.54, 1.807) is 0 Å². The molecule has 0 aromatic carbocycles. The predicted octanol–water partition coefficient (Wildman–Crippen LogP) is -1.90. The summed E-state index contributed by atoms with van der Waals surface area (Å²) < 4.78 is 0. The van der Waals surface area contributed by atoms with E-state index in [1.807, 2.05) is 20.9 Å². The quantitative estimate of drug-likeness (QED) is 0.314. The van der Waals surface area contributed by atoms with E-state index in [0.29, 0.717) is 0 Å². The molecule has 0 saturated heterocycles. The third-order valence-electron chi connectivity index (χ3n) is 1.86. The van der Waals surface area contributed by atoms with Crippen LogP contribution in [0, 0.1) is 0 Å². The number of nitrogens with two attached hydrogens (primary N) is 3. The summed E-state index contributed by atoms with van der Waals surface area (Å²) in [5.74, 6) is 0. The molecule has 74 valence electrons. The van der Waals surface area contributed by atoms with Gasteiger partial charge in [-0.25, -0.2) is 0 Å². The smallest absolute Gasteiger partial charge is 0.0695 e. The van der Waals surface area contributed by atoms with Gasteiger partial charge in [-0.05, 0) is 20.9 Å². The van der Waals surface area contributed by atoms with Crippen molar-refractivity contribution in [2.24, 2.45) is 17.2 Å². The highest BCUT2D eigenvalue weighted by Crippen LogP contribution is 1.93. The Morgan fingerprint density at radius 1 is 1.08 bits per heavy atom. The van der Waals surface area contributed by atoms with Crippen molar-refractivity contribution in [2.75, 3.05) is 7.05 Å². The van der Waals surface area contributed by atoms with Crippen LogP contribution in [-0.4, -0.2) is 31.5 Å². The number of hydrogen-bond acceptors (Lipinski definition) is 5. The summed E-state index contributed by atoms with van der Waals surface area (Å²) in [7, 11) is 1.86. The van der Waals surface area contributed by atoms with Crippen molar-refractivity contribution in [1.29, 1.82) is 0 Å². The maximum atomic E-state index is 5.58. The molecule has 5 nitrogen and oxygen atoms in total. The van der Waals surface area contributed by atoms with Crippen molar-refractivity contribution in [3.05, 3.63) is 0 Å². The van der Waals surface area contributed by atoms with Crippen LogP contribution in [0.15, 0.2) is 0 Å². The molecule has 0 aliphatic carbocycles. The lowest BCUT2D eigenvalue weighted by atomic mass is 10.1. The van der Waals surface area contributed by atoms with Gasteiger partial charge in [0.2, 0.25) is 0 Å². The molecular formula is C7H21N5. The molecule has 12 heavy (non-hydrogen) atoms. The first-order chi connectivity index (χ1) is 5.49. The Hall–Kier alpha value is -0.200. The summed E-state index contributed by atoms with van der Waals surface area (Å²) in [4.78, 5) is 0. The molecule has 0 saturated carbocycles. The van der Waals surface area contributed by atoms with Crippen LogP contribution >= 0.6 is 0 Å². The predicted molar refractivity (Wildman–Crippen MR) is 51.3 cm³/mol. The van der Waals surface area contributed by atoms with Crippen LogP contribution in [0.1, 0.15) is 13.8 Å². The van der Waals surface area contributed by atoms with Gasteiger partial charge in [0, 0.05) is 6.04 Å². The van der Waals surface area contributed by atoms with Gasteiger partial charge < -0.3 is 22.5 Å². The lowest BCUT2D eigenvalue weighted by molar-refractivity contribution is 0.328. The summed E-state index contributed by atoms with van der Waals surface area (Å²) in [6, 6.07) is 0.200. The van der Waals surface area contributed by atoms with Gasteiger partial charge in [-0.1, -0.05) is 0 Å². The van der Waals surface area contributed by atoms with Gasteiger partial charge in [-0.15, -0.1) is 0 Å². The zero-order valence-corrected chi connectivity index (χ0v) is 8.04. The summed E-state index contributed by atoms with van der Waals surface area (Å²) >= 11 is 0. The Labute approximate surface area is 74.0 Å². The molecule has 0 radical (unpaired) electrons. The van der Waals surface area contributed by atoms with E-state index in [9.17, 15) is 0 Å². The summed E-state index contributed by atoms with van der Waals surface area (Å²) in [6.45, 7) is 3.87. The number of rotatable bonds is 5. The molecule has 0 aliphatic rings. The number of nitrogens with one attached hydrogen (secondary N) is 2. The van der Waals surface area contributed by atoms with E-state index in [0.717, 1.165) is 0 Å². The third kappa shape index (κ3) is 3.99. The molecule has 0 aromatic rings. The third-order valence-corrected chi connectivity index (χ3v) is 1.86. The van der Waals surface area contributed by atoms with Gasteiger partial charge in [0.25, 0.3) is 0 Å². The zero-order valence-electron chi connectivity index (χ0n) is 8.04. The SMILES string of the molecule is CNC(C)C(NC(C)N)C(N)N. The average Bonchev–Trinajstić information content (AvgIpc) is 1.98. The minimum Gasteiger partial charge on any atom is -0.316 e. The Balaban J connectivity index is 4.03. The van der Waals surface area contributed by atoms with Crippen LogP contribution < -0.4 is 27.8 Å². The average molecular weight is 175 g/mol. The van der Waals surface area contributed by atoms with Crippen molar-refractivity contribution in [3.63, 3.8) is 0 Å². The molecule has 0 aromatic heterocycles. The van der Waals surface area contributed by atoms with Crippen LogP contribution in [0.25, 0.3) is 0 Å². The Kier molecular flexibility index (Phi) is 5.36. The molecule has 8 N–H and O–H groups in total. The molecule has 0 aliphatic heterocycles. The van der Waals surface area contributed by atoms with E-state index in [1.165, 1.54) is 0 Å². The molecule has 3 unspecified atom stereocenters. The van der Waals surface area contributed by atoms with Crippen LogP contribution in [0.5, 0.6) is 0 Å². The first-order valence-electron chi connectivity index (χ1n) is 4.19. The topological polar surface area (TPSA) is 102 Å². The highest BCUT2D eigenvalue weighted by molar-refractivity contribution is 4.84. The lowest BCUT2D eigenvalue weighted by Gasteiger charge is -2.29. The second kappa shape index (κ2) is 5.45. The van der Waals surface area contributed by atoms with Crippen molar-refractivity contribution in [2.45, 2.75) is 38.3 Å². The molecule has 0 heterocycles. The summed E-state index contributed by atoms with van der Waals surface area (Å²) in [5, 5.41) is 6.17. The van der Waals surface area contributed by atoms with Gasteiger partial charge in [0.15, 0.2) is 0 Å². The largest absolute Gasteiger partial charge is 0.316 e. The monoisotopic (exact) mass is 175 g/mol. The van der Waals surface area contributed by atoms with E-state index in [2.05, 4.69) is 10.6 Å². The highest BCUT2D eigenvalue weighted by atomic mass is 15.1. The minimum atomic E-state index is -0.404. The molecule has 0 amide bonds. The molecular weight excluding hydrogens is 154 g/mol. The molecule has 0 fully saturated rings. The highest BCUT2D eigenvalue weighted by Gasteiger charge is 2.20. The van der Waals surface area contributed by atoms with Gasteiger partial charge in [-0.2, -0.15) is 0 Å². The second-order valence-electron chi connectivity index (χ2n) is 3.14. The number of likely N-dealkylation sites (N-methyl/N-ethyl adjacent to an activating group) is 1. The standard InChI is InChI=1S/C7H21N5/c1-4(11-3)6(7(9)10)12-5(2)8/h4-7,11-12H,8-10H2,1-3H3. The van der Waals surface area contributed by atoms with E-state index in [4.69, 9.17) is 17.2 Å². The van der Waals surface area contributed by atoms with Gasteiger partial charge >= 0.3 is 0 Å². The van der Waals surface area contributed by atoms with Gasteiger partial charge in [0.1, 0.15) is 0 Å². The second-order valence-corrected chi connectivity index (χ2v) is 3.14. The molecule has 0 rings (SSSR count). The number of hydrogen-bond donors (Lipinski definition) is 5.